The minimum absolute atomic E-state index is 0.00143. The first kappa shape index (κ1) is 25.3. The Bertz CT molecular complexity index is 1160. The summed E-state index contributed by atoms with van der Waals surface area (Å²) in [5.74, 6) is 0. The number of rotatable bonds is 5. The molecule has 0 bridgehead atoms. The second-order valence-corrected chi connectivity index (χ2v) is 11.3. The standard InChI is InChI=1S/C20H21ClN2O2S.C5H10O2/c21-17-11-10-15(19-12-14-6-4-5-9-18(14)22-19)13-20(17)26(24,25)23-16-7-2-1-3-8-16;1-5(2,3)7-4-6/h4-6,9-13,16,22-23H,1-3,7-8H2;4H,1-3H3. The van der Waals surface area contributed by atoms with Crippen LogP contribution >= 0.6 is 11.6 Å². The molecule has 2 N–H and O–H groups in total. The summed E-state index contributed by atoms with van der Waals surface area (Å²) in [5.41, 5.74) is 2.37. The van der Waals surface area contributed by atoms with Crippen LogP contribution in [0.5, 0.6) is 0 Å². The number of fused-ring (bicyclic) bond motifs is 1. The molecule has 178 valence electrons. The molecular weight excluding hydrogens is 460 g/mol. The van der Waals surface area contributed by atoms with Crippen LogP contribution in [-0.2, 0) is 19.6 Å². The Morgan fingerprint density at radius 1 is 1.06 bits per heavy atom. The van der Waals surface area contributed by atoms with E-state index < -0.39 is 10.0 Å². The minimum Gasteiger partial charge on any atom is -0.462 e. The Hall–Kier alpha value is -2.35. The molecule has 1 saturated carbocycles. The van der Waals surface area contributed by atoms with E-state index in [0.717, 1.165) is 47.8 Å². The van der Waals surface area contributed by atoms with Crippen LogP contribution in [0.4, 0.5) is 0 Å². The average molecular weight is 491 g/mol. The van der Waals surface area contributed by atoms with Gasteiger partial charge in [-0.3, -0.25) is 4.79 Å². The van der Waals surface area contributed by atoms with E-state index in [1.54, 1.807) is 12.1 Å². The maximum Gasteiger partial charge on any atom is 0.293 e. The molecule has 0 atom stereocenters. The first-order chi connectivity index (χ1) is 15.6. The summed E-state index contributed by atoms with van der Waals surface area (Å²) >= 11 is 6.24. The highest BCUT2D eigenvalue weighted by molar-refractivity contribution is 7.89. The van der Waals surface area contributed by atoms with Crippen molar-refractivity contribution in [1.29, 1.82) is 0 Å². The molecule has 8 heteroatoms. The van der Waals surface area contributed by atoms with Gasteiger partial charge >= 0.3 is 0 Å². The van der Waals surface area contributed by atoms with Crippen LogP contribution in [0.25, 0.3) is 22.2 Å². The van der Waals surface area contributed by atoms with Crippen LogP contribution in [-0.4, -0.2) is 31.5 Å². The summed E-state index contributed by atoms with van der Waals surface area (Å²) in [4.78, 5) is 13.1. The molecule has 4 rings (SSSR count). The fourth-order valence-electron chi connectivity index (χ4n) is 3.75. The van der Waals surface area contributed by atoms with Crippen molar-refractivity contribution >= 4 is 39.0 Å². The smallest absolute Gasteiger partial charge is 0.293 e. The van der Waals surface area contributed by atoms with Gasteiger partial charge in [-0.2, -0.15) is 0 Å². The number of aromatic nitrogens is 1. The second kappa shape index (κ2) is 10.7. The van der Waals surface area contributed by atoms with E-state index in [1.807, 2.05) is 57.2 Å². The third-order valence-electron chi connectivity index (χ3n) is 5.39. The number of para-hydroxylation sites is 1. The summed E-state index contributed by atoms with van der Waals surface area (Å²) in [7, 11) is -3.65. The predicted octanol–water partition coefficient (Wildman–Crippen LogP) is 6.06. The Kier molecular flexibility index (Phi) is 8.21. The number of benzene rings is 2. The van der Waals surface area contributed by atoms with Crippen molar-refractivity contribution in [2.45, 2.75) is 69.4 Å². The SMILES string of the molecule is CC(C)(C)OC=O.O=S(=O)(NC1CCCCC1)c1cc(-c2cc3ccccc3[nH]2)ccc1Cl. The number of hydrogen-bond acceptors (Lipinski definition) is 4. The Morgan fingerprint density at radius 3 is 2.36 bits per heavy atom. The molecule has 0 amide bonds. The maximum atomic E-state index is 12.9. The average Bonchev–Trinajstić information content (AvgIpc) is 3.18. The van der Waals surface area contributed by atoms with Crippen molar-refractivity contribution < 1.29 is 17.9 Å². The largest absolute Gasteiger partial charge is 0.462 e. The molecule has 1 aliphatic carbocycles. The summed E-state index contributed by atoms with van der Waals surface area (Å²) < 4.78 is 33.1. The van der Waals surface area contributed by atoms with Crippen molar-refractivity contribution in [3.63, 3.8) is 0 Å². The summed E-state index contributed by atoms with van der Waals surface area (Å²) in [6.45, 7) is 5.92. The first-order valence-corrected chi connectivity index (χ1v) is 13.0. The Balaban J connectivity index is 0.000000383. The number of carbonyl (C=O) groups excluding carboxylic acids is 1. The fourth-order valence-corrected chi connectivity index (χ4v) is 5.58. The van der Waals surface area contributed by atoms with E-state index in [9.17, 15) is 13.2 Å². The third-order valence-corrected chi connectivity index (χ3v) is 7.39. The van der Waals surface area contributed by atoms with E-state index in [-0.39, 0.29) is 21.6 Å². The number of H-pyrrole nitrogens is 1. The van der Waals surface area contributed by atoms with E-state index >= 15 is 0 Å². The molecule has 0 radical (unpaired) electrons. The van der Waals surface area contributed by atoms with Crippen molar-refractivity contribution in [1.82, 2.24) is 9.71 Å². The van der Waals surface area contributed by atoms with E-state index in [2.05, 4.69) is 14.4 Å². The van der Waals surface area contributed by atoms with Gasteiger partial charge in [0.15, 0.2) is 0 Å². The van der Waals surface area contributed by atoms with Crippen LogP contribution < -0.4 is 4.72 Å². The van der Waals surface area contributed by atoms with Gasteiger partial charge in [-0.15, -0.1) is 0 Å². The Morgan fingerprint density at radius 2 is 1.76 bits per heavy atom. The van der Waals surface area contributed by atoms with Crippen LogP contribution in [0.2, 0.25) is 5.02 Å². The highest BCUT2D eigenvalue weighted by Crippen LogP contribution is 2.30. The van der Waals surface area contributed by atoms with Gasteiger partial charge in [0.1, 0.15) is 10.5 Å². The molecule has 0 saturated heterocycles. The van der Waals surface area contributed by atoms with Gasteiger partial charge in [0.05, 0.1) is 5.02 Å². The zero-order chi connectivity index (χ0) is 24.1. The zero-order valence-corrected chi connectivity index (χ0v) is 20.8. The first-order valence-electron chi connectivity index (χ1n) is 11.1. The number of ether oxygens (including phenoxy) is 1. The lowest BCUT2D eigenvalue weighted by Gasteiger charge is -2.23. The highest BCUT2D eigenvalue weighted by Gasteiger charge is 2.24. The number of hydrogen-bond donors (Lipinski definition) is 2. The molecule has 1 aromatic heterocycles. The van der Waals surface area contributed by atoms with Crippen molar-refractivity contribution in [2.75, 3.05) is 0 Å². The van der Waals surface area contributed by atoms with Crippen LogP contribution in [0, 0.1) is 0 Å². The van der Waals surface area contributed by atoms with E-state index in [4.69, 9.17) is 11.6 Å². The quantitative estimate of drug-likeness (QED) is 0.425. The predicted molar refractivity (Wildman–Crippen MR) is 133 cm³/mol. The van der Waals surface area contributed by atoms with Crippen LogP contribution in [0.3, 0.4) is 0 Å². The summed E-state index contributed by atoms with van der Waals surface area (Å²) in [6, 6.07) is 15.1. The number of carbonyl (C=O) groups is 1. The molecule has 2 aromatic carbocycles. The van der Waals surface area contributed by atoms with Gasteiger partial charge in [0.25, 0.3) is 6.47 Å². The van der Waals surface area contributed by atoms with Gasteiger partial charge in [-0.25, -0.2) is 13.1 Å². The normalized spacial score (nSPS) is 15.0. The second-order valence-electron chi connectivity index (χ2n) is 9.20. The zero-order valence-electron chi connectivity index (χ0n) is 19.2. The molecule has 1 fully saturated rings. The van der Waals surface area contributed by atoms with Crippen LogP contribution in [0.15, 0.2) is 53.4 Å². The van der Waals surface area contributed by atoms with E-state index in [1.165, 1.54) is 6.42 Å². The van der Waals surface area contributed by atoms with Crippen LogP contribution in [0.1, 0.15) is 52.9 Å². The summed E-state index contributed by atoms with van der Waals surface area (Å²) in [6.07, 6.45) is 5.08. The van der Waals surface area contributed by atoms with Gasteiger partial charge in [-0.1, -0.05) is 55.1 Å². The summed E-state index contributed by atoms with van der Waals surface area (Å²) in [5, 5.41) is 1.33. The molecule has 6 nitrogen and oxygen atoms in total. The topological polar surface area (TPSA) is 88.3 Å². The van der Waals surface area contributed by atoms with Crippen molar-refractivity contribution in [3.05, 3.63) is 53.6 Å². The van der Waals surface area contributed by atoms with Gasteiger partial charge in [0.2, 0.25) is 10.0 Å². The maximum absolute atomic E-state index is 12.9. The lowest BCUT2D eigenvalue weighted by molar-refractivity contribution is -0.138. The molecule has 3 aromatic rings. The molecule has 0 spiro atoms. The number of sulfonamides is 1. The van der Waals surface area contributed by atoms with Gasteiger partial charge in [0, 0.05) is 22.6 Å². The third kappa shape index (κ3) is 7.06. The van der Waals surface area contributed by atoms with Gasteiger partial charge in [-0.05, 0) is 63.4 Å². The molecule has 33 heavy (non-hydrogen) atoms. The minimum atomic E-state index is -3.65. The Labute approximate surface area is 200 Å². The van der Waals surface area contributed by atoms with Crippen molar-refractivity contribution in [2.24, 2.45) is 0 Å². The monoisotopic (exact) mass is 490 g/mol. The number of aromatic amines is 1. The lowest BCUT2D eigenvalue weighted by Crippen LogP contribution is -2.36. The lowest BCUT2D eigenvalue weighted by atomic mass is 9.96. The molecule has 1 aliphatic rings. The number of nitrogens with one attached hydrogen (secondary N) is 2. The molecule has 1 heterocycles. The van der Waals surface area contributed by atoms with Crippen molar-refractivity contribution in [3.8, 4) is 11.3 Å². The number of halogens is 1. The van der Waals surface area contributed by atoms with Gasteiger partial charge < -0.3 is 9.72 Å². The molecular formula is C25H31ClN2O4S. The van der Waals surface area contributed by atoms with E-state index in [0.29, 0.717) is 6.47 Å². The fraction of sp³-hybridized carbons (Fsp3) is 0.400. The molecule has 0 aliphatic heterocycles. The molecule has 0 unspecified atom stereocenters. The highest BCUT2D eigenvalue weighted by atomic mass is 35.5.